The molecule has 2 fully saturated rings. The van der Waals surface area contributed by atoms with Gasteiger partial charge in [-0.15, -0.1) is 0 Å². The largest absolute Gasteiger partial charge is 0.381 e. The van der Waals surface area contributed by atoms with Gasteiger partial charge in [-0.3, -0.25) is 4.99 Å². The van der Waals surface area contributed by atoms with Gasteiger partial charge in [0.1, 0.15) is 0 Å². The van der Waals surface area contributed by atoms with E-state index in [2.05, 4.69) is 46.8 Å². The molecule has 1 saturated carbocycles. The first-order chi connectivity index (χ1) is 13.2. The smallest absolute Gasteiger partial charge is 0.191 e. The van der Waals surface area contributed by atoms with Gasteiger partial charge < -0.3 is 20.1 Å². The van der Waals surface area contributed by atoms with Crippen molar-refractivity contribution in [1.82, 2.24) is 10.6 Å². The average molecular weight is 374 g/mol. The lowest BCUT2D eigenvalue weighted by molar-refractivity contribution is -0.0390. The molecule has 1 heterocycles. The van der Waals surface area contributed by atoms with Gasteiger partial charge in [0.05, 0.1) is 12.7 Å². The molecule has 0 bridgehead atoms. The molecule has 1 aromatic rings. The van der Waals surface area contributed by atoms with Crippen molar-refractivity contribution in [3.8, 4) is 0 Å². The Kier molecular flexibility index (Phi) is 7.96. The van der Waals surface area contributed by atoms with Gasteiger partial charge >= 0.3 is 0 Å². The molecule has 5 nitrogen and oxygen atoms in total. The summed E-state index contributed by atoms with van der Waals surface area (Å²) < 4.78 is 11.4. The lowest BCUT2D eigenvalue weighted by Crippen LogP contribution is -2.44. The van der Waals surface area contributed by atoms with Crippen molar-refractivity contribution in [2.75, 3.05) is 20.3 Å². The highest BCUT2D eigenvalue weighted by Crippen LogP contribution is 2.23. The minimum atomic E-state index is 0.335. The predicted octanol–water partition coefficient (Wildman–Crippen LogP) is 3.63. The fourth-order valence-corrected chi connectivity index (χ4v) is 4.03. The molecule has 2 aliphatic rings. The van der Waals surface area contributed by atoms with Crippen LogP contribution in [0.2, 0.25) is 0 Å². The molecule has 1 aliphatic carbocycles. The normalized spacial score (nSPS) is 24.6. The van der Waals surface area contributed by atoms with E-state index in [9.17, 15) is 0 Å². The van der Waals surface area contributed by atoms with Crippen LogP contribution in [0.25, 0.3) is 0 Å². The second-order valence-corrected chi connectivity index (χ2v) is 7.98. The van der Waals surface area contributed by atoms with Gasteiger partial charge in [0.15, 0.2) is 5.96 Å². The van der Waals surface area contributed by atoms with Crippen molar-refractivity contribution < 1.29 is 9.47 Å². The Hall–Kier alpha value is -1.59. The Labute approximate surface area is 163 Å². The Morgan fingerprint density at radius 3 is 2.78 bits per heavy atom. The Balaban J connectivity index is 1.45. The van der Waals surface area contributed by atoms with Gasteiger partial charge in [0.2, 0.25) is 0 Å². The molecule has 1 saturated heterocycles. The molecule has 3 rings (SSSR count). The van der Waals surface area contributed by atoms with Crippen molar-refractivity contribution >= 4 is 5.96 Å². The topological polar surface area (TPSA) is 54.9 Å². The molecule has 2 atom stereocenters. The maximum absolute atomic E-state index is 6.04. The average Bonchev–Trinajstić information content (AvgIpc) is 2.71. The Bertz CT molecular complexity index is 599. The van der Waals surface area contributed by atoms with Crippen molar-refractivity contribution in [3.05, 3.63) is 35.4 Å². The van der Waals surface area contributed by atoms with Crippen LogP contribution in [-0.4, -0.2) is 38.4 Å². The second-order valence-electron chi connectivity index (χ2n) is 7.98. The minimum absolute atomic E-state index is 0.335. The number of guanidine groups is 1. The highest BCUT2D eigenvalue weighted by atomic mass is 16.5. The van der Waals surface area contributed by atoms with Crippen LogP contribution in [-0.2, 0) is 22.6 Å². The molecule has 1 aromatic carbocycles. The first-order valence-electron chi connectivity index (χ1n) is 10.5. The van der Waals surface area contributed by atoms with Crippen LogP contribution < -0.4 is 10.6 Å². The summed E-state index contributed by atoms with van der Waals surface area (Å²) >= 11 is 0. The van der Waals surface area contributed by atoms with E-state index in [1.807, 2.05) is 7.05 Å². The van der Waals surface area contributed by atoms with Crippen molar-refractivity contribution in [3.63, 3.8) is 0 Å². The van der Waals surface area contributed by atoms with E-state index < -0.39 is 0 Å². The summed E-state index contributed by atoms with van der Waals surface area (Å²) in [4.78, 5) is 4.40. The summed E-state index contributed by atoms with van der Waals surface area (Å²) in [6.07, 6.45) is 7.48. The van der Waals surface area contributed by atoms with Gasteiger partial charge in [-0.25, -0.2) is 0 Å². The molecule has 27 heavy (non-hydrogen) atoms. The molecule has 2 unspecified atom stereocenters. The predicted molar refractivity (Wildman–Crippen MR) is 110 cm³/mol. The van der Waals surface area contributed by atoms with Crippen molar-refractivity contribution in [2.45, 2.75) is 70.7 Å². The van der Waals surface area contributed by atoms with Gasteiger partial charge in [-0.2, -0.15) is 0 Å². The molecule has 5 heteroatoms. The monoisotopic (exact) mass is 373 g/mol. The van der Waals surface area contributed by atoms with Crippen LogP contribution in [0.1, 0.15) is 56.6 Å². The van der Waals surface area contributed by atoms with Gasteiger partial charge in [-0.1, -0.05) is 44.0 Å². The number of nitrogens with one attached hydrogen (secondary N) is 2. The number of rotatable bonds is 6. The maximum atomic E-state index is 6.04. The highest BCUT2D eigenvalue weighted by molar-refractivity contribution is 5.79. The summed E-state index contributed by atoms with van der Waals surface area (Å²) in [7, 11) is 1.85. The lowest BCUT2D eigenvalue weighted by Gasteiger charge is -2.28. The molecular weight excluding hydrogens is 338 g/mol. The van der Waals surface area contributed by atoms with E-state index in [4.69, 9.17) is 9.47 Å². The van der Waals surface area contributed by atoms with E-state index in [1.165, 1.54) is 36.8 Å². The number of hydrogen-bond donors (Lipinski definition) is 2. The molecule has 150 valence electrons. The fourth-order valence-electron chi connectivity index (χ4n) is 4.03. The SMILES string of the molecule is CN=C(NCc1cccc(COC2CCOCC2)c1)NC1CCCC(C)C1. The minimum Gasteiger partial charge on any atom is -0.381 e. The third kappa shape index (κ3) is 6.82. The lowest BCUT2D eigenvalue weighted by atomic mass is 9.87. The number of hydrogen-bond acceptors (Lipinski definition) is 3. The summed E-state index contributed by atoms with van der Waals surface area (Å²) in [5.41, 5.74) is 2.48. The Morgan fingerprint density at radius 1 is 1.19 bits per heavy atom. The standard InChI is InChI=1S/C22H35N3O2/c1-17-5-3-8-20(13-17)25-22(23-2)24-15-18-6-4-7-19(14-18)16-27-21-9-11-26-12-10-21/h4,6-7,14,17,20-21H,3,5,8-13,15-16H2,1-2H3,(H2,23,24,25). The van der Waals surface area contributed by atoms with Gasteiger partial charge in [-0.05, 0) is 42.7 Å². The van der Waals surface area contributed by atoms with Crippen LogP contribution >= 0.6 is 0 Å². The van der Waals surface area contributed by atoms with Gasteiger partial charge in [0, 0.05) is 32.8 Å². The number of benzene rings is 1. The quantitative estimate of drug-likeness (QED) is 0.591. The summed E-state index contributed by atoms with van der Waals surface area (Å²) in [6, 6.07) is 9.17. The van der Waals surface area contributed by atoms with Crippen LogP contribution in [0.4, 0.5) is 0 Å². The molecule has 0 radical (unpaired) electrons. The van der Waals surface area contributed by atoms with E-state index in [0.29, 0.717) is 18.8 Å². The third-order valence-corrected chi connectivity index (χ3v) is 5.61. The molecule has 0 amide bonds. The molecule has 2 N–H and O–H groups in total. The van der Waals surface area contributed by atoms with E-state index in [0.717, 1.165) is 44.5 Å². The van der Waals surface area contributed by atoms with E-state index in [-0.39, 0.29) is 0 Å². The first kappa shape index (κ1) is 20.2. The number of aliphatic imine (C=N–C) groups is 1. The Morgan fingerprint density at radius 2 is 2.00 bits per heavy atom. The molecule has 0 spiro atoms. The zero-order chi connectivity index (χ0) is 18.9. The summed E-state index contributed by atoms with van der Waals surface area (Å²) in [5, 5.41) is 7.05. The summed E-state index contributed by atoms with van der Waals surface area (Å²) in [6.45, 7) is 5.43. The third-order valence-electron chi connectivity index (χ3n) is 5.61. The summed E-state index contributed by atoms with van der Waals surface area (Å²) in [5.74, 6) is 1.71. The van der Waals surface area contributed by atoms with E-state index >= 15 is 0 Å². The van der Waals surface area contributed by atoms with Crippen molar-refractivity contribution in [2.24, 2.45) is 10.9 Å². The number of ether oxygens (including phenoxy) is 2. The zero-order valence-electron chi connectivity index (χ0n) is 16.9. The van der Waals surface area contributed by atoms with Crippen LogP contribution in [0.5, 0.6) is 0 Å². The number of nitrogens with zero attached hydrogens (tertiary/aromatic N) is 1. The van der Waals surface area contributed by atoms with Crippen LogP contribution in [0.3, 0.4) is 0 Å². The van der Waals surface area contributed by atoms with Crippen LogP contribution in [0.15, 0.2) is 29.3 Å². The maximum Gasteiger partial charge on any atom is 0.191 e. The first-order valence-corrected chi connectivity index (χ1v) is 10.5. The van der Waals surface area contributed by atoms with Crippen LogP contribution in [0, 0.1) is 5.92 Å². The van der Waals surface area contributed by atoms with Crippen molar-refractivity contribution in [1.29, 1.82) is 0 Å². The van der Waals surface area contributed by atoms with E-state index in [1.54, 1.807) is 0 Å². The zero-order valence-corrected chi connectivity index (χ0v) is 16.9. The molecule has 0 aromatic heterocycles. The molecule has 1 aliphatic heterocycles. The highest BCUT2D eigenvalue weighted by Gasteiger charge is 2.19. The second kappa shape index (κ2) is 10.7. The fraction of sp³-hybridized carbons (Fsp3) is 0.682. The van der Waals surface area contributed by atoms with Gasteiger partial charge in [0.25, 0.3) is 0 Å². The molecular formula is C22H35N3O2.